The van der Waals surface area contributed by atoms with Gasteiger partial charge in [-0.3, -0.25) is 0 Å². The van der Waals surface area contributed by atoms with E-state index in [2.05, 4.69) is 0 Å². The Hall–Kier alpha value is -1.34. The summed E-state index contributed by atoms with van der Waals surface area (Å²) in [7, 11) is -0.963. The minimum atomic E-state index is -3.44. The van der Waals surface area contributed by atoms with Gasteiger partial charge in [0.2, 0.25) is 0 Å². The van der Waals surface area contributed by atoms with Crippen LogP contribution in [0.3, 0.4) is 0 Å². The van der Waals surface area contributed by atoms with Gasteiger partial charge >= 0.3 is 17.9 Å². The molecule has 0 fully saturated rings. The third kappa shape index (κ3) is 5.07. The highest BCUT2D eigenvalue weighted by Gasteiger charge is 2.47. The largest absolute Gasteiger partial charge is 0.468 e. The van der Waals surface area contributed by atoms with Crippen molar-refractivity contribution in [3.63, 3.8) is 0 Å². The van der Waals surface area contributed by atoms with Crippen molar-refractivity contribution in [2.45, 2.75) is 59.9 Å². The van der Waals surface area contributed by atoms with E-state index in [0.29, 0.717) is 0 Å². The molecule has 9 heteroatoms. The molecular formula is C16H27O8P. The second-order valence-corrected chi connectivity index (χ2v) is 8.13. The van der Waals surface area contributed by atoms with Crippen molar-refractivity contribution in [1.82, 2.24) is 0 Å². The van der Waals surface area contributed by atoms with Gasteiger partial charge < -0.3 is 27.8 Å². The fraction of sp³-hybridized carbons (Fsp3) is 0.688. The lowest BCUT2D eigenvalue weighted by molar-refractivity contribution is -0.136. The Morgan fingerprint density at radius 1 is 0.920 bits per heavy atom. The quantitative estimate of drug-likeness (QED) is 0.470. The molecule has 0 unspecified atom stereocenters. The highest BCUT2D eigenvalue weighted by Crippen LogP contribution is 2.58. The Kier molecular flexibility index (Phi) is 7.68. The molecule has 1 aliphatic rings. The van der Waals surface area contributed by atoms with Crippen LogP contribution < -0.4 is 0 Å². The zero-order valence-corrected chi connectivity index (χ0v) is 16.8. The molecule has 0 aromatic carbocycles. The SMILES string of the molecule is COC(=O)C1=C(OC)OC(=O)C1=P(OC(C)C)(OC(C)C)OC(C)C. The number of hydrogen-bond acceptors (Lipinski definition) is 8. The predicted octanol–water partition coefficient (Wildman–Crippen LogP) is 2.78. The molecule has 0 saturated carbocycles. The van der Waals surface area contributed by atoms with E-state index in [4.69, 9.17) is 27.8 Å². The lowest BCUT2D eigenvalue weighted by Gasteiger charge is -2.32. The van der Waals surface area contributed by atoms with Crippen LogP contribution in [0.4, 0.5) is 0 Å². The van der Waals surface area contributed by atoms with Crippen LogP contribution in [0.5, 0.6) is 0 Å². The molecule has 25 heavy (non-hydrogen) atoms. The molecule has 1 rings (SSSR count). The van der Waals surface area contributed by atoms with Crippen LogP contribution in [0.2, 0.25) is 0 Å². The fourth-order valence-electron chi connectivity index (χ4n) is 2.12. The molecule has 0 aliphatic carbocycles. The highest BCUT2D eigenvalue weighted by atomic mass is 31.2. The molecule has 0 radical (unpaired) electrons. The molecule has 0 aromatic rings. The number of cyclic esters (lactones) is 1. The van der Waals surface area contributed by atoms with Crippen molar-refractivity contribution in [2.75, 3.05) is 14.2 Å². The molecule has 8 nitrogen and oxygen atoms in total. The first-order chi connectivity index (χ1) is 11.6. The zero-order chi connectivity index (χ0) is 19.4. The third-order valence-electron chi connectivity index (χ3n) is 2.72. The molecule has 0 saturated heterocycles. The number of esters is 2. The molecule has 0 spiro atoms. The van der Waals surface area contributed by atoms with Gasteiger partial charge in [0.05, 0.1) is 32.5 Å². The molecule has 0 atom stereocenters. The van der Waals surface area contributed by atoms with Crippen molar-refractivity contribution >= 4 is 24.8 Å². The summed E-state index contributed by atoms with van der Waals surface area (Å²) in [5.74, 6) is -1.87. The van der Waals surface area contributed by atoms with Gasteiger partial charge in [0.15, 0.2) is 10.9 Å². The van der Waals surface area contributed by atoms with Gasteiger partial charge in [0.1, 0.15) is 0 Å². The predicted molar refractivity (Wildman–Crippen MR) is 92.7 cm³/mol. The smallest absolute Gasteiger partial charge is 0.354 e. The maximum Gasteiger partial charge on any atom is 0.354 e. The first kappa shape index (κ1) is 21.7. The molecule has 1 heterocycles. The number of ether oxygens (including phenoxy) is 3. The van der Waals surface area contributed by atoms with Crippen molar-refractivity contribution < 1.29 is 37.4 Å². The average molecular weight is 378 g/mol. The van der Waals surface area contributed by atoms with E-state index in [1.165, 1.54) is 14.2 Å². The van der Waals surface area contributed by atoms with Gasteiger partial charge in [-0.15, -0.1) is 0 Å². The minimum absolute atomic E-state index is 0.132. The summed E-state index contributed by atoms with van der Waals surface area (Å²) in [6.45, 7) is 10.7. The Bertz CT molecular complexity index is 570. The summed E-state index contributed by atoms with van der Waals surface area (Å²) >= 11 is 0. The number of rotatable bonds is 8. The third-order valence-corrected chi connectivity index (χ3v) is 5.77. The van der Waals surface area contributed by atoms with Crippen LogP contribution in [-0.4, -0.2) is 49.8 Å². The normalized spacial score (nSPS) is 15.5. The van der Waals surface area contributed by atoms with E-state index in [0.717, 1.165) is 0 Å². The van der Waals surface area contributed by atoms with Crippen LogP contribution in [0.15, 0.2) is 11.5 Å². The van der Waals surface area contributed by atoms with Crippen LogP contribution in [-0.2, 0) is 37.4 Å². The Balaban J connectivity index is 3.83. The summed E-state index contributed by atoms with van der Waals surface area (Å²) in [6.07, 6.45) is -1.01. The lowest BCUT2D eigenvalue weighted by Crippen LogP contribution is -2.26. The molecule has 0 N–H and O–H groups in total. The second-order valence-electron chi connectivity index (χ2n) is 6.06. The van der Waals surface area contributed by atoms with Crippen molar-refractivity contribution in [2.24, 2.45) is 0 Å². The average Bonchev–Trinajstić information content (AvgIpc) is 2.81. The number of carbonyl (C=O) groups excluding carboxylic acids is 2. The summed E-state index contributed by atoms with van der Waals surface area (Å²) in [6, 6.07) is 0. The molecule has 0 aromatic heterocycles. The van der Waals surface area contributed by atoms with E-state index in [9.17, 15) is 9.59 Å². The van der Waals surface area contributed by atoms with Crippen LogP contribution >= 0.6 is 7.57 Å². The standard InChI is InChI=1S/C16H27O8P/c1-9(2)22-25(23-10(3)4,24-11(5)6)13-12(14(17)19-7)16(20-8)21-15(13)18/h9-11H,1-8H3. The van der Waals surface area contributed by atoms with Crippen molar-refractivity contribution in [1.29, 1.82) is 0 Å². The first-order valence-corrected chi connectivity index (χ1v) is 9.53. The maximum atomic E-state index is 12.6. The number of carbonyl (C=O) groups is 2. The molecule has 1 aliphatic heterocycles. The van der Waals surface area contributed by atoms with E-state index in [1.54, 1.807) is 41.5 Å². The summed E-state index contributed by atoms with van der Waals surface area (Å²) < 4.78 is 32.8. The molecule has 0 amide bonds. The highest BCUT2D eigenvalue weighted by molar-refractivity contribution is 7.65. The van der Waals surface area contributed by atoms with Crippen LogP contribution in [0, 0.1) is 0 Å². The Morgan fingerprint density at radius 2 is 1.36 bits per heavy atom. The van der Waals surface area contributed by atoms with Gasteiger partial charge in [-0.25, -0.2) is 9.59 Å². The van der Waals surface area contributed by atoms with Crippen LogP contribution in [0.1, 0.15) is 41.5 Å². The first-order valence-electron chi connectivity index (χ1n) is 7.98. The molecule has 144 valence electrons. The van der Waals surface area contributed by atoms with E-state index >= 15 is 0 Å². The van der Waals surface area contributed by atoms with Gasteiger partial charge in [-0.1, -0.05) is 0 Å². The van der Waals surface area contributed by atoms with Crippen molar-refractivity contribution in [3.8, 4) is 0 Å². The Labute approximate surface area is 148 Å². The monoisotopic (exact) mass is 378 g/mol. The van der Waals surface area contributed by atoms with Crippen molar-refractivity contribution in [3.05, 3.63) is 11.5 Å². The number of hydrogen-bond donors (Lipinski definition) is 0. The van der Waals surface area contributed by atoms with Crippen LogP contribution in [0.25, 0.3) is 0 Å². The molecule has 0 bridgehead atoms. The summed E-state index contributed by atoms with van der Waals surface area (Å²) in [5.41, 5.74) is -0.176. The van der Waals surface area contributed by atoms with E-state index < -0.39 is 19.5 Å². The topological polar surface area (TPSA) is 89.5 Å². The van der Waals surface area contributed by atoms with Gasteiger partial charge in [-0.2, -0.15) is 0 Å². The van der Waals surface area contributed by atoms with Gasteiger partial charge in [-0.05, 0) is 41.5 Å². The van der Waals surface area contributed by atoms with E-state index in [-0.39, 0.29) is 35.1 Å². The number of methoxy groups -OCH3 is 2. The molecular weight excluding hydrogens is 351 g/mol. The zero-order valence-electron chi connectivity index (χ0n) is 15.9. The fourth-order valence-corrected chi connectivity index (χ4v) is 4.98. The Morgan fingerprint density at radius 3 is 1.68 bits per heavy atom. The van der Waals surface area contributed by atoms with E-state index in [1.807, 2.05) is 0 Å². The van der Waals surface area contributed by atoms with Gasteiger partial charge in [0.25, 0.3) is 7.57 Å². The van der Waals surface area contributed by atoms with Gasteiger partial charge in [0, 0.05) is 0 Å². The lowest BCUT2D eigenvalue weighted by atomic mass is 10.2. The summed E-state index contributed by atoms with van der Waals surface area (Å²) in [4.78, 5) is 24.8. The second kappa shape index (κ2) is 8.85. The summed E-state index contributed by atoms with van der Waals surface area (Å²) in [5, 5.41) is -0.132. The minimum Gasteiger partial charge on any atom is -0.468 e. The maximum absolute atomic E-state index is 12.6.